The molecule has 1 aliphatic rings. The van der Waals surface area contributed by atoms with E-state index >= 15 is 0 Å². The van der Waals surface area contributed by atoms with Crippen LogP contribution in [0.4, 0.5) is 11.4 Å². The van der Waals surface area contributed by atoms with Crippen molar-refractivity contribution in [2.45, 2.75) is 13.0 Å². The molecule has 5 heteroatoms. The average Bonchev–Trinajstić information content (AvgIpc) is 2.33. The molecule has 0 spiro atoms. The Morgan fingerprint density at radius 2 is 2.29 bits per heavy atom. The Kier molecular flexibility index (Phi) is 3.08. The van der Waals surface area contributed by atoms with E-state index in [1.54, 1.807) is 7.11 Å². The predicted octanol–water partition coefficient (Wildman–Crippen LogP) is 0.602. The number of benzene rings is 1. The number of hydrogen-bond acceptors (Lipinski definition) is 4. The van der Waals surface area contributed by atoms with Crippen LogP contribution >= 0.6 is 0 Å². The quantitative estimate of drug-likeness (QED) is 0.737. The van der Waals surface area contributed by atoms with Crippen LogP contribution in [0.5, 0.6) is 5.75 Å². The van der Waals surface area contributed by atoms with E-state index in [1.807, 2.05) is 30.0 Å². The number of nitrogens with one attached hydrogen (secondary N) is 1. The van der Waals surface area contributed by atoms with Crippen molar-refractivity contribution in [3.8, 4) is 5.75 Å². The van der Waals surface area contributed by atoms with Crippen molar-refractivity contribution < 1.29 is 9.53 Å². The molecule has 2 rings (SSSR count). The molecule has 3 N–H and O–H groups in total. The van der Waals surface area contributed by atoms with Gasteiger partial charge >= 0.3 is 0 Å². The van der Waals surface area contributed by atoms with E-state index in [2.05, 4.69) is 5.32 Å². The third-order valence-corrected chi connectivity index (χ3v) is 3.07. The van der Waals surface area contributed by atoms with E-state index in [0.717, 1.165) is 12.2 Å². The van der Waals surface area contributed by atoms with Crippen LogP contribution in [0.2, 0.25) is 0 Å². The van der Waals surface area contributed by atoms with E-state index < -0.39 is 0 Å². The maximum atomic E-state index is 11.6. The maximum Gasteiger partial charge on any atom is 0.242 e. The van der Waals surface area contributed by atoms with Gasteiger partial charge in [-0.15, -0.1) is 0 Å². The number of rotatable bonds is 2. The van der Waals surface area contributed by atoms with Gasteiger partial charge in [0.2, 0.25) is 5.91 Å². The number of hydrogen-bond donors (Lipinski definition) is 2. The van der Waals surface area contributed by atoms with Crippen molar-refractivity contribution in [2.75, 3.05) is 30.8 Å². The molecule has 0 aromatic heterocycles. The SMILES string of the molecule is COc1cccc(N2CCNC(=O)C2C)c1N. The van der Waals surface area contributed by atoms with Crippen LogP contribution in [0, 0.1) is 0 Å². The molecule has 1 unspecified atom stereocenters. The minimum atomic E-state index is -0.210. The lowest BCUT2D eigenvalue weighted by molar-refractivity contribution is -0.122. The Morgan fingerprint density at radius 3 is 3.00 bits per heavy atom. The van der Waals surface area contributed by atoms with Crippen LogP contribution < -0.4 is 20.7 Å². The smallest absolute Gasteiger partial charge is 0.242 e. The van der Waals surface area contributed by atoms with E-state index in [9.17, 15) is 4.79 Å². The number of anilines is 2. The number of nitrogens with two attached hydrogens (primary N) is 1. The van der Waals surface area contributed by atoms with Gasteiger partial charge in [0.25, 0.3) is 0 Å². The van der Waals surface area contributed by atoms with Crippen LogP contribution in [0.15, 0.2) is 18.2 Å². The number of nitrogen functional groups attached to an aromatic ring is 1. The number of nitrogens with zero attached hydrogens (tertiary/aromatic N) is 1. The van der Waals surface area contributed by atoms with Crippen LogP contribution in [0.3, 0.4) is 0 Å². The van der Waals surface area contributed by atoms with Gasteiger partial charge in [-0.25, -0.2) is 0 Å². The number of methoxy groups -OCH3 is 1. The molecule has 1 amide bonds. The Balaban J connectivity index is 2.36. The van der Waals surface area contributed by atoms with Gasteiger partial charge in [-0.05, 0) is 19.1 Å². The summed E-state index contributed by atoms with van der Waals surface area (Å²) < 4.78 is 5.19. The molecule has 0 aliphatic carbocycles. The summed E-state index contributed by atoms with van der Waals surface area (Å²) in [5.74, 6) is 0.666. The highest BCUT2D eigenvalue weighted by molar-refractivity contribution is 5.88. The molecule has 0 bridgehead atoms. The zero-order valence-corrected chi connectivity index (χ0v) is 10.1. The third kappa shape index (κ3) is 2.00. The Hall–Kier alpha value is -1.91. The summed E-state index contributed by atoms with van der Waals surface area (Å²) >= 11 is 0. The summed E-state index contributed by atoms with van der Waals surface area (Å²) in [6.07, 6.45) is 0. The molecule has 0 saturated carbocycles. The molecule has 92 valence electrons. The summed E-state index contributed by atoms with van der Waals surface area (Å²) in [6, 6.07) is 5.39. The molecule has 0 radical (unpaired) electrons. The second kappa shape index (κ2) is 4.53. The summed E-state index contributed by atoms with van der Waals surface area (Å²) in [5.41, 5.74) is 7.47. The molecule has 1 heterocycles. The molecule has 1 aliphatic heterocycles. The van der Waals surface area contributed by atoms with Gasteiger partial charge in [-0.1, -0.05) is 6.07 Å². The highest BCUT2D eigenvalue weighted by Gasteiger charge is 2.27. The summed E-state index contributed by atoms with van der Waals surface area (Å²) in [5, 5.41) is 2.83. The normalized spacial score (nSPS) is 20.0. The topological polar surface area (TPSA) is 67.6 Å². The first-order valence-electron chi connectivity index (χ1n) is 5.62. The standard InChI is InChI=1S/C12H17N3O2/c1-8-12(16)14-6-7-15(8)9-4-3-5-10(17-2)11(9)13/h3-5,8H,6-7,13H2,1-2H3,(H,14,16). The Morgan fingerprint density at radius 1 is 1.53 bits per heavy atom. The van der Waals surface area contributed by atoms with E-state index in [-0.39, 0.29) is 11.9 Å². The predicted molar refractivity (Wildman–Crippen MR) is 67.2 cm³/mol. The fourth-order valence-corrected chi connectivity index (χ4v) is 2.07. The molecule has 1 saturated heterocycles. The van der Waals surface area contributed by atoms with Crippen molar-refractivity contribution in [1.29, 1.82) is 0 Å². The average molecular weight is 235 g/mol. The summed E-state index contributed by atoms with van der Waals surface area (Å²) in [6.45, 7) is 3.26. The van der Waals surface area contributed by atoms with Crippen LogP contribution in [0.1, 0.15) is 6.92 Å². The monoisotopic (exact) mass is 235 g/mol. The molecule has 1 atom stereocenters. The Labute approximate surface area is 101 Å². The van der Waals surface area contributed by atoms with Crippen molar-refractivity contribution in [3.63, 3.8) is 0 Å². The van der Waals surface area contributed by atoms with Gasteiger partial charge in [-0.2, -0.15) is 0 Å². The molecule has 1 aromatic carbocycles. The molecule has 5 nitrogen and oxygen atoms in total. The molecule has 17 heavy (non-hydrogen) atoms. The molecular weight excluding hydrogens is 218 g/mol. The summed E-state index contributed by atoms with van der Waals surface area (Å²) in [7, 11) is 1.59. The minimum absolute atomic E-state index is 0.0264. The van der Waals surface area contributed by atoms with Crippen molar-refractivity contribution in [1.82, 2.24) is 5.32 Å². The number of ether oxygens (including phenoxy) is 1. The summed E-state index contributed by atoms with van der Waals surface area (Å²) in [4.78, 5) is 13.6. The van der Waals surface area contributed by atoms with E-state index in [4.69, 9.17) is 10.5 Å². The number of amides is 1. The highest BCUT2D eigenvalue weighted by Crippen LogP contribution is 2.33. The number of piperazine rings is 1. The second-order valence-electron chi connectivity index (χ2n) is 4.05. The maximum absolute atomic E-state index is 11.6. The van der Waals surface area contributed by atoms with Crippen LogP contribution in [-0.4, -0.2) is 32.1 Å². The van der Waals surface area contributed by atoms with Gasteiger partial charge in [0.1, 0.15) is 11.8 Å². The number of carbonyl (C=O) groups excluding carboxylic acids is 1. The lowest BCUT2D eigenvalue weighted by Gasteiger charge is -2.35. The van der Waals surface area contributed by atoms with E-state index in [0.29, 0.717) is 18.0 Å². The van der Waals surface area contributed by atoms with Gasteiger partial charge in [-0.3, -0.25) is 4.79 Å². The first kappa shape index (κ1) is 11.6. The second-order valence-corrected chi connectivity index (χ2v) is 4.05. The fraction of sp³-hybridized carbons (Fsp3) is 0.417. The van der Waals surface area contributed by atoms with Crippen LogP contribution in [-0.2, 0) is 4.79 Å². The lowest BCUT2D eigenvalue weighted by Crippen LogP contribution is -2.54. The van der Waals surface area contributed by atoms with E-state index in [1.165, 1.54) is 0 Å². The van der Waals surface area contributed by atoms with Crippen LogP contribution in [0.25, 0.3) is 0 Å². The minimum Gasteiger partial charge on any atom is -0.495 e. The van der Waals surface area contributed by atoms with Gasteiger partial charge in [0.05, 0.1) is 18.5 Å². The molecule has 1 fully saturated rings. The zero-order valence-electron chi connectivity index (χ0n) is 10.1. The first-order valence-corrected chi connectivity index (χ1v) is 5.62. The molecule has 1 aromatic rings. The van der Waals surface area contributed by atoms with Gasteiger partial charge in [0, 0.05) is 13.1 Å². The van der Waals surface area contributed by atoms with Gasteiger partial charge < -0.3 is 20.7 Å². The van der Waals surface area contributed by atoms with Gasteiger partial charge in [0.15, 0.2) is 0 Å². The number of carbonyl (C=O) groups is 1. The largest absolute Gasteiger partial charge is 0.495 e. The number of para-hydroxylation sites is 1. The van der Waals surface area contributed by atoms with Crippen molar-refractivity contribution in [3.05, 3.63) is 18.2 Å². The van der Waals surface area contributed by atoms with Crippen molar-refractivity contribution >= 4 is 17.3 Å². The lowest BCUT2D eigenvalue weighted by atomic mass is 10.1. The first-order chi connectivity index (χ1) is 8.15. The zero-order chi connectivity index (χ0) is 12.4. The fourth-order valence-electron chi connectivity index (χ4n) is 2.07. The third-order valence-electron chi connectivity index (χ3n) is 3.07. The van der Waals surface area contributed by atoms with Crippen molar-refractivity contribution in [2.24, 2.45) is 0 Å². The Bertz CT molecular complexity index is 434. The molecular formula is C12H17N3O2. The highest BCUT2D eigenvalue weighted by atomic mass is 16.5.